The van der Waals surface area contributed by atoms with Crippen LogP contribution in [-0.2, 0) is 4.74 Å². The van der Waals surface area contributed by atoms with Crippen LogP contribution in [0.5, 0.6) is 5.75 Å². The number of rotatable bonds is 5. The first-order chi connectivity index (χ1) is 10.9. The molecule has 10 nitrogen and oxygen atoms in total. The molecule has 1 heterocycles. The minimum Gasteiger partial charge on any atom is -0.462 e. The van der Waals surface area contributed by atoms with Gasteiger partial charge in [-0.1, -0.05) is 23.3 Å². The standard InChI is InChI=1S/C13H18N4O6/c14-7-12(20)10(19)13(21,16-17-15)9(6-18)23-11(12)22-8-4-2-1-3-5-8/h1-5,9-11,18-21H,6-7,14H2/t9-,10-,11+,12+,13-/m1/s1. The van der Waals surface area contributed by atoms with Crippen LogP contribution in [0, 0.1) is 0 Å². The van der Waals surface area contributed by atoms with Crippen LogP contribution in [0.1, 0.15) is 0 Å². The second kappa shape index (κ2) is 6.69. The maximum Gasteiger partial charge on any atom is 0.233 e. The van der Waals surface area contributed by atoms with Crippen molar-refractivity contribution in [3.63, 3.8) is 0 Å². The summed E-state index contributed by atoms with van der Waals surface area (Å²) >= 11 is 0. The molecule has 0 aromatic heterocycles. The van der Waals surface area contributed by atoms with E-state index in [2.05, 4.69) is 10.0 Å². The van der Waals surface area contributed by atoms with Gasteiger partial charge >= 0.3 is 0 Å². The predicted molar refractivity (Wildman–Crippen MR) is 76.9 cm³/mol. The number of nitrogens with zero attached hydrogens (tertiary/aromatic N) is 3. The molecular weight excluding hydrogens is 308 g/mol. The van der Waals surface area contributed by atoms with Crippen molar-refractivity contribution in [1.82, 2.24) is 0 Å². The molecule has 1 aromatic carbocycles. The highest BCUT2D eigenvalue weighted by Gasteiger charge is 2.63. The van der Waals surface area contributed by atoms with E-state index in [4.69, 9.17) is 20.7 Å². The van der Waals surface area contributed by atoms with Gasteiger partial charge < -0.3 is 35.6 Å². The van der Waals surface area contributed by atoms with E-state index >= 15 is 0 Å². The van der Waals surface area contributed by atoms with Crippen LogP contribution >= 0.6 is 0 Å². The van der Waals surface area contributed by atoms with Crippen LogP contribution in [0.3, 0.4) is 0 Å². The number of benzene rings is 1. The summed E-state index contributed by atoms with van der Waals surface area (Å²) in [5.41, 5.74) is 9.19. The fourth-order valence-electron chi connectivity index (χ4n) is 2.37. The lowest BCUT2D eigenvalue weighted by atomic mass is 9.82. The molecule has 0 bridgehead atoms. The van der Waals surface area contributed by atoms with Gasteiger partial charge in [0.1, 0.15) is 18.0 Å². The normalized spacial score (nSPS) is 37.0. The highest BCUT2D eigenvalue weighted by atomic mass is 16.7. The van der Waals surface area contributed by atoms with Crippen LogP contribution < -0.4 is 10.5 Å². The molecule has 6 N–H and O–H groups in total. The summed E-state index contributed by atoms with van der Waals surface area (Å²) in [6.07, 6.45) is -5.07. The maximum absolute atomic E-state index is 10.6. The van der Waals surface area contributed by atoms with E-state index in [-0.39, 0.29) is 0 Å². The molecule has 0 unspecified atom stereocenters. The average molecular weight is 326 g/mol. The van der Waals surface area contributed by atoms with Crippen molar-refractivity contribution >= 4 is 0 Å². The molecule has 10 heteroatoms. The van der Waals surface area contributed by atoms with E-state index in [0.717, 1.165) is 0 Å². The zero-order valence-corrected chi connectivity index (χ0v) is 12.1. The summed E-state index contributed by atoms with van der Waals surface area (Å²) in [5, 5.41) is 43.6. The summed E-state index contributed by atoms with van der Waals surface area (Å²) < 4.78 is 10.8. The third-order valence-electron chi connectivity index (χ3n) is 3.73. The van der Waals surface area contributed by atoms with Crippen LogP contribution in [0.25, 0.3) is 10.4 Å². The Morgan fingerprint density at radius 2 is 2.00 bits per heavy atom. The molecule has 1 aliphatic rings. The fraction of sp³-hybridized carbons (Fsp3) is 0.538. The number of azide groups is 1. The number of ether oxygens (including phenoxy) is 2. The SMILES string of the molecule is [N-]=[N+]=N[C@]1(O)[C@H](O)[C@@](O)(CN)[C@@H](Oc2ccccc2)O[C@@H]1CO. The first-order valence-corrected chi connectivity index (χ1v) is 6.79. The van der Waals surface area contributed by atoms with Crippen molar-refractivity contribution in [2.75, 3.05) is 13.2 Å². The van der Waals surface area contributed by atoms with E-state index in [0.29, 0.717) is 5.75 Å². The number of hydrogen-bond donors (Lipinski definition) is 5. The summed E-state index contributed by atoms with van der Waals surface area (Å²) in [6, 6.07) is 8.26. The first kappa shape index (κ1) is 17.4. The second-order valence-corrected chi connectivity index (χ2v) is 5.14. The van der Waals surface area contributed by atoms with Crippen molar-refractivity contribution in [2.24, 2.45) is 10.8 Å². The van der Waals surface area contributed by atoms with Gasteiger partial charge in [-0.3, -0.25) is 0 Å². The van der Waals surface area contributed by atoms with E-state index in [9.17, 15) is 20.4 Å². The zero-order valence-electron chi connectivity index (χ0n) is 12.1. The Hall–Kier alpha value is -1.91. The summed E-state index contributed by atoms with van der Waals surface area (Å²) in [7, 11) is 0. The number of nitrogens with two attached hydrogens (primary N) is 1. The topological polar surface area (TPSA) is 174 Å². The largest absolute Gasteiger partial charge is 0.462 e. The van der Waals surface area contributed by atoms with Crippen molar-refractivity contribution < 1.29 is 29.9 Å². The average Bonchev–Trinajstić information content (AvgIpc) is 2.57. The number of para-hydroxylation sites is 1. The van der Waals surface area contributed by atoms with Crippen LogP contribution in [0.2, 0.25) is 0 Å². The van der Waals surface area contributed by atoms with Gasteiger partial charge in [0.05, 0.1) is 6.61 Å². The third-order valence-corrected chi connectivity index (χ3v) is 3.73. The monoisotopic (exact) mass is 326 g/mol. The van der Waals surface area contributed by atoms with Gasteiger partial charge in [0.15, 0.2) is 5.60 Å². The molecule has 5 atom stereocenters. The second-order valence-electron chi connectivity index (χ2n) is 5.14. The Bertz CT molecular complexity index is 583. The van der Waals surface area contributed by atoms with Gasteiger partial charge in [-0.25, -0.2) is 0 Å². The molecule has 0 amide bonds. The molecule has 1 aliphatic heterocycles. The van der Waals surface area contributed by atoms with Gasteiger partial charge in [-0.2, -0.15) is 0 Å². The quantitative estimate of drug-likeness (QED) is 0.257. The molecule has 1 aromatic rings. The van der Waals surface area contributed by atoms with Gasteiger partial charge in [-0.15, -0.1) is 0 Å². The maximum atomic E-state index is 10.6. The minimum absolute atomic E-state index is 0.308. The molecule has 0 saturated carbocycles. The van der Waals surface area contributed by atoms with E-state index in [1.165, 1.54) is 0 Å². The van der Waals surface area contributed by atoms with Gasteiger partial charge in [-0.05, 0) is 17.7 Å². The molecule has 0 radical (unpaired) electrons. The van der Waals surface area contributed by atoms with Crippen molar-refractivity contribution in [1.29, 1.82) is 0 Å². The van der Waals surface area contributed by atoms with Crippen molar-refractivity contribution in [3.05, 3.63) is 40.8 Å². The summed E-state index contributed by atoms with van der Waals surface area (Å²) in [4.78, 5) is 2.42. The van der Waals surface area contributed by atoms with Crippen LogP contribution in [0.15, 0.2) is 35.4 Å². The van der Waals surface area contributed by atoms with Crippen LogP contribution in [0.4, 0.5) is 0 Å². The molecule has 2 rings (SSSR count). The fourth-order valence-corrected chi connectivity index (χ4v) is 2.37. The van der Waals surface area contributed by atoms with Gasteiger partial charge in [0.2, 0.25) is 12.0 Å². The minimum atomic E-state index is -2.60. The van der Waals surface area contributed by atoms with Gasteiger partial charge in [0.25, 0.3) is 0 Å². The van der Waals surface area contributed by atoms with Crippen molar-refractivity contribution in [3.8, 4) is 5.75 Å². The lowest BCUT2D eigenvalue weighted by Gasteiger charge is -2.51. The number of hydrogen-bond acceptors (Lipinski definition) is 8. The summed E-state index contributed by atoms with van der Waals surface area (Å²) in [6.45, 7) is -1.35. The highest BCUT2D eigenvalue weighted by molar-refractivity contribution is 5.22. The van der Waals surface area contributed by atoms with E-state index < -0.39 is 43.0 Å². The third kappa shape index (κ3) is 2.96. The molecule has 126 valence electrons. The Kier molecular flexibility index (Phi) is 5.07. The first-order valence-electron chi connectivity index (χ1n) is 6.79. The molecule has 1 saturated heterocycles. The summed E-state index contributed by atoms with van der Waals surface area (Å²) in [5.74, 6) is 0.308. The molecule has 0 aliphatic carbocycles. The Morgan fingerprint density at radius 1 is 1.35 bits per heavy atom. The highest BCUT2D eigenvalue weighted by Crippen LogP contribution is 2.38. The lowest BCUT2D eigenvalue weighted by molar-refractivity contribution is -0.346. The Labute approximate surface area is 131 Å². The smallest absolute Gasteiger partial charge is 0.233 e. The van der Waals surface area contributed by atoms with E-state index in [1.54, 1.807) is 30.3 Å². The molecular formula is C13H18N4O6. The number of aliphatic hydroxyl groups is 4. The van der Waals surface area contributed by atoms with Gasteiger partial charge in [0, 0.05) is 11.5 Å². The molecule has 1 fully saturated rings. The van der Waals surface area contributed by atoms with Crippen molar-refractivity contribution in [2.45, 2.75) is 29.8 Å². The lowest BCUT2D eigenvalue weighted by Crippen LogP contribution is -2.75. The Balaban J connectivity index is 2.38. The predicted octanol–water partition coefficient (Wildman–Crippen LogP) is -1.17. The molecule has 0 spiro atoms. The Morgan fingerprint density at radius 3 is 2.52 bits per heavy atom. The zero-order chi connectivity index (χ0) is 17.1. The van der Waals surface area contributed by atoms with Crippen LogP contribution in [-0.4, -0.2) is 63.4 Å². The number of aliphatic hydroxyl groups excluding tert-OH is 2. The molecule has 23 heavy (non-hydrogen) atoms. The van der Waals surface area contributed by atoms with E-state index in [1.807, 2.05) is 0 Å².